The molecule has 1 aliphatic heterocycles. The Hall–Kier alpha value is -6.50. The molecule has 0 aliphatic carbocycles. The predicted octanol–water partition coefficient (Wildman–Crippen LogP) is 4.96. The van der Waals surface area contributed by atoms with Crippen LogP contribution in [-0.4, -0.2) is 83.4 Å². The van der Waals surface area contributed by atoms with Crippen molar-refractivity contribution in [2.45, 2.75) is 64.1 Å². The lowest BCUT2D eigenvalue weighted by Gasteiger charge is -2.31. The molecule has 4 aromatic rings. The third-order valence-electron chi connectivity index (χ3n) is 9.39. The molecule has 298 valence electrons. The number of piperidine rings is 1. The largest absolute Gasteiger partial charge is 0.483 e. The molecule has 0 spiro atoms. The van der Waals surface area contributed by atoms with Gasteiger partial charge >= 0.3 is 12.1 Å². The van der Waals surface area contributed by atoms with E-state index in [1.807, 2.05) is 44.2 Å². The van der Waals surface area contributed by atoms with Gasteiger partial charge in [-0.2, -0.15) is 0 Å². The number of para-hydroxylation sites is 1. The van der Waals surface area contributed by atoms with Gasteiger partial charge in [0.05, 0.1) is 12.0 Å². The Bertz CT molecular complexity index is 2000. The minimum Gasteiger partial charge on any atom is -0.483 e. The first kappa shape index (κ1) is 41.7. The number of ketones is 1. The van der Waals surface area contributed by atoms with Gasteiger partial charge in [-0.25, -0.2) is 9.59 Å². The first-order valence-corrected chi connectivity index (χ1v) is 19.0. The number of carbonyl (C=O) groups is 6. The van der Waals surface area contributed by atoms with Gasteiger partial charge in [0.15, 0.2) is 12.4 Å². The van der Waals surface area contributed by atoms with Gasteiger partial charge in [-0.1, -0.05) is 98.8 Å². The number of ether oxygens (including phenoxy) is 2. The number of nitrogens with one attached hydrogen (secondary N) is 3. The first-order valence-electron chi connectivity index (χ1n) is 19.0. The molecule has 57 heavy (non-hydrogen) atoms. The van der Waals surface area contributed by atoms with Gasteiger partial charge in [0.2, 0.25) is 11.8 Å². The molecular formula is C44H48N4O9. The molecule has 0 saturated carbocycles. The molecular weight excluding hydrogens is 729 g/mol. The number of hydrogen-bond donors (Lipinski definition) is 4. The zero-order valence-electron chi connectivity index (χ0n) is 32.0. The summed E-state index contributed by atoms with van der Waals surface area (Å²) in [4.78, 5) is 78.7. The van der Waals surface area contributed by atoms with Crippen LogP contribution in [0.1, 0.15) is 60.2 Å². The summed E-state index contributed by atoms with van der Waals surface area (Å²) in [7, 11) is 0. The van der Waals surface area contributed by atoms with E-state index in [0.29, 0.717) is 43.5 Å². The molecule has 13 nitrogen and oxygen atoms in total. The van der Waals surface area contributed by atoms with Crippen LogP contribution in [0.15, 0.2) is 109 Å². The van der Waals surface area contributed by atoms with E-state index in [9.17, 15) is 33.9 Å². The van der Waals surface area contributed by atoms with Crippen LogP contribution < -0.4 is 25.4 Å². The summed E-state index contributed by atoms with van der Waals surface area (Å²) in [5.41, 5.74) is 2.24. The van der Waals surface area contributed by atoms with E-state index < -0.39 is 42.6 Å². The minimum absolute atomic E-state index is 0.0260. The van der Waals surface area contributed by atoms with E-state index in [0.717, 1.165) is 5.56 Å². The summed E-state index contributed by atoms with van der Waals surface area (Å²) in [6, 6.07) is 28.6. The Morgan fingerprint density at radius 1 is 0.737 bits per heavy atom. The van der Waals surface area contributed by atoms with Gasteiger partial charge in [-0.05, 0) is 60.6 Å². The van der Waals surface area contributed by atoms with Crippen LogP contribution in [-0.2, 0) is 32.0 Å². The Labute approximate surface area is 331 Å². The zero-order valence-corrected chi connectivity index (χ0v) is 32.0. The second kappa shape index (κ2) is 20.4. The second-order valence-electron chi connectivity index (χ2n) is 14.3. The monoisotopic (exact) mass is 776 g/mol. The summed E-state index contributed by atoms with van der Waals surface area (Å²) >= 11 is 0. The highest BCUT2D eigenvalue weighted by Gasteiger charge is 2.29. The standard InChI is InChI=1S/C44H48N4O9/c1-29(2)25-36(46-40(50)28-56-38-16-10-9-15-35(38)41(51)32-13-7-4-8-14-32)42(52)47-37(43(53)54)26-31-17-19-34(20-18-31)57-44(55)48-23-21-33(22-24-48)45-39(49)27-30-11-5-3-6-12-30/h3-20,29,33,36-37H,21-28H2,1-2H3,(H,45,49)(H,46,50)(H,47,52)(H,53,54). The Kier molecular flexibility index (Phi) is 14.9. The minimum atomic E-state index is -1.32. The predicted molar refractivity (Wildman–Crippen MR) is 212 cm³/mol. The highest BCUT2D eigenvalue weighted by Crippen LogP contribution is 2.22. The second-order valence-corrected chi connectivity index (χ2v) is 14.3. The molecule has 0 radical (unpaired) electrons. The molecule has 5 rings (SSSR count). The average molecular weight is 777 g/mol. The van der Waals surface area contributed by atoms with E-state index in [1.165, 1.54) is 0 Å². The quantitative estimate of drug-likeness (QED) is 0.108. The van der Waals surface area contributed by atoms with Gasteiger partial charge in [0.25, 0.3) is 5.91 Å². The summed E-state index contributed by atoms with van der Waals surface area (Å²) in [6.07, 6.45) is 1.12. The summed E-state index contributed by atoms with van der Waals surface area (Å²) in [5, 5.41) is 18.2. The average Bonchev–Trinajstić information content (AvgIpc) is 3.20. The molecule has 4 aromatic carbocycles. The highest BCUT2D eigenvalue weighted by atomic mass is 16.6. The van der Waals surface area contributed by atoms with Crippen molar-refractivity contribution in [3.05, 3.63) is 131 Å². The van der Waals surface area contributed by atoms with Crippen molar-refractivity contribution < 1.29 is 43.3 Å². The van der Waals surface area contributed by atoms with Crippen molar-refractivity contribution in [1.82, 2.24) is 20.9 Å². The maximum Gasteiger partial charge on any atom is 0.415 e. The number of benzene rings is 4. The van der Waals surface area contributed by atoms with Crippen LogP contribution in [0.5, 0.6) is 11.5 Å². The molecule has 4 amide bonds. The van der Waals surface area contributed by atoms with Crippen LogP contribution in [0.25, 0.3) is 0 Å². The Morgan fingerprint density at radius 2 is 1.37 bits per heavy atom. The number of carbonyl (C=O) groups excluding carboxylic acids is 5. The molecule has 1 fully saturated rings. The molecule has 2 unspecified atom stereocenters. The van der Waals surface area contributed by atoms with Crippen LogP contribution in [0, 0.1) is 5.92 Å². The van der Waals surface area contributed by atoms with E-state index in [2.05, 4.69) is 16.0 Å². The van der Waals surface area contributed by atoms with Crippen molar-refractivity contribution in [1.29, 1.82) is 0 Å². The number of carboxylic acid groups (broad SMARTS) is 1. The number of nitrogens with zero attached hydrogens (tertiary/aromatic N) is 1. The molecule has 2 atom stereocenters. The summed E-state index contributed by atoms with van der Waals surface area (Å²) < 4.78 is 11.3. The molecule has 1 heterocycles. The number of rotatable bonds is 17. The van der Waals surface area contributed by atoms with Crippen LogP contribution in [0.2, 0.25) is 0 Å². The van der Waals surface area contributed by atoms with E-state index >= 15 is 0 Å². The summed E-state index contributed by atoms with van der Waals surface area (Å²) in [5.74, 6) is -2.44. The Morgan fingerprint density at radius 3 is 2.02 bits per heavy atom. The lowest BCUT2D eigenvalue weighted by Crippen LogP contribution is -2.53. The first-order chi connectivity index (χ1) is 27.4. The van der Waals surface area contributed by atoms with E-state index in [4.69, 9.17) is 9.47 Å². The van der Waals surface area contributed by atoms with Crippen molar-refractivity contribution in [2.75, 3.05) is 19.7 Å². The third-order valence-corrected chi connectivity index (χ3v) is 9.39. The fraction of sp³-hybridized carbons (Fsp3) is 0.318. The van der Waals surface area contributed by atoms with Gasteiger partial charge in [0, 0.05) is 31.1 Å². The Balaban J connectivity index is 1.09. The topological polar surface area (TPSA) is 180 Å². The van der Waals surface area contributed by atoms with Gasteiger partial charge in [0.1, 0.15) is 23.6 Å². The molecule has 0 aromatic heterocycles. The number of likely N-dealkylation sites (tertiary alicyclic amines) is 1. The summed E-state index contributed by atoms with van der Waals surface area (Å²) in [6.45, 7) is 4.09. The number of hydrogen-bond acceptors (Lipinski definition) is 8. The number of carboxylic acids is 1. The molecule has 1 aliphatic rings. The molecule has 0 bridgehead atoms. The van der Waals surface area contributed by atoms with Gasteiger partial charge in [-0.3, -0.25) is 19.2 Å². The van der Waals surface area contributed by atoms with Crippen LogP contribution in [0.3, 0.4) is 0 Å². The van der Waals surface area contributed by atoms with Crippen LogP contribution in [0.4, 0.5) is 4.79 Å². The fourth-order valence-electron chi connectivity index (χ4n) is 6.44. The van der Waals surface area contributed by atoms with Crippen molar-refractivity contribution in [3.8, 4) is 11.5 Å². The number of amides is 4. The van der Waals surface area contributed by atoms with E-state index in [1.54, 1.807) is 83.8 Å². The lowest BCUT2D eigenvalue weighted by atomic mass is 10.0. The van der Waals surface area contributed by atoms with Crippen molar-refractivity contribution in [3.63, 3.8) is 0 Å². The molecule has 4 N–H and O–H groups in total. The highest BCUT2D eigenvalue weighted by molar-refractivity contribution is 6.10. The third kappa shape index (κ3) is 12.8. The zero-order chi connectivity index (χ0) is 40.7. The smallest absolute Gasteiger partial charge is 0.415 e. The van der Waals surface area contributed by atoms with E-state index in [-0.39, 0.29) is 53.6 Å². The molecule has 13 heteroatoms. The van der Waals surface area contributed by atoms with Gasteiger partial charge < -0.3 is 35.4 Å². The normalized spacial score (nSPS) is 13.8. The van der Waals surface area contributed by atoms with Crippen molar-refractivity contribution >= 4 is 35.6 Å². The maximum atomic E-state index is 13.4. The maximum absolute atomic E-state index is 13.4. The van der Waals surface area contributed by atoms with Gasteiger partial charge in [-0.15, -0.1) is 0 Å². The SMILES string of the molecule is CC(C)CC(NC(=O)COc1ccccc1C(=O)c1ccccc1)C(=O)NC(Cc1ccc(OC(=O)N2CCC(NC(=O)Cc3ccccc3)CC2)cc1)C(=O)O. The number of aliphatic carboxylic acids is 1. The lowest BCUT2D eigenvalue weighted by molar-refractivity contribution is -0.142. The molecule has 1 saturated heterocycles. The van der Waals surface area contributed by atoms with Crippen molar-refractivity contribution in [2.24, 2.45) is 5.92 Å². The fourth-order valence-corrected chi connectivity index (χ4v) is 6.44. The van der Waals surface area contributed by atoms with Crippen LogP contribution >= 0.6 is 0 Å².